The van der Waals surface area contributed by atoms with Crippen LogP contribution in [0.15, 0.2) is 0 Å². The maximum absolute atomic E-state index is 2.65. The van der Waals surface area contributed by atoms with Crippen molar-refractivity contribution >= 4 is 0 Å². The summed E-state index contributed by atoms with van der Waals surface area (Å²) in [5, 5.41) is 0. The normalized spacial score (nSPS) is 31.1. The average molecular weight is 224 g/mol. The molecule has 2 heteroatoms. The predicted molar refractivity (Wildman–Crippen MR) is 69.7 cm³/mol. The second-order valence-corrected chi connectivity index (χ2v) is 6.69. The van der Waals surface area contributed by atoms with Crippen molar-refractivity contribution in [3.8, 4) is 0 Å². The summed E-state index contributed by atoms with van der Waals surface area (Å²) in [6.07, 6.45) is 5.68. The van der Waals surface area contributed by atoms with Crippen LogP contribution in [0.4, 0.5) is 0 Å². The zero-order chi connectivity index (χ0) is 11.8. The van der Waals surface area contributed by atoms with E-state index in [1.165, 1.54) is 45.3 Å². The molecule has 0 saturated carbocycles. The van der Waals surface area contributed by atoms with Crippen LogP contribution < -0.4 is 0 Å². The van der Waals surface area contributed by atoms with E-state index in [1.54, 1.807) is 0 Å². The van der Waals surface area contributed by atoms with E-state index >= 15 is 0 Å². The fourth-order valence-corrected chi connectivity index (χ4v) is 3.49. The molecule has 0 N–H and O–H groups in total. The highest BCUT2D eigenvalue weighted by molar-refractivity contribution is 4.89. The van der Waals surface area contributed by atoms with E-state index in [4.69, 9.17) is 0 Å². The summed E-state index contributed by atoms with van der Waals surface area (Å²) in [6.45, 7) is 11.0. The van der Waals surface area contributed by atoms with E-state index in [0.717, 1.165) is 12.0 Å². The van der Waals surface area contributed by atoms with Crippen LogP contribution in [0.3, 0.4) is 0 Å². The Bertz CT molecular complexity index is 223. The number of piperidine rings is 1. The van der Waals surface area contributed by atoms with Crippen molar-refractivity contribution in [1.29, 1.82) is 0 Å². The van der Waals surface area contributed by atoms with Gasteiger partial charge in [-0.15, -0.1) is 0 Å². The summed E-state index contributed by atoms with van der Waals surface area (Å²) >= 11 is 0. The van der Waals surface area contributed by atoms with Crippen molar-refractivity contribution in [3.05, 3.63) is 0 Å². The minimum absolute atomic E-state index is 0.368. The molecule has 1 unspecified atom stereocenters. The number of likely N-dealkylation sites (tertiary alicyclic amines) is 2. The molecule has 1 atom stereocenters. The van der Waals surface area contributed by atoms with Gasteiger partial charge in [0.1, 0.15) is 0 Å². The Morgan fingerprint density at radius 2 is 1.56 bits per heavy atom. The molecule has 16 heavy (non-hydrogen) atoms. The Morgan fingerprint density at radius 1 is 0.938 bits per heavy atom. The molecule has 2 nitrogen and oxygen atoms in total. The maximum Gasteiger partial charge on any atom is 0.0125 e. The predicted octanol–water partition coefficient (Wildman–Crippen LogP) is 2.59. The Labute approximate surface area is 101 Å². The maximum atomic E-state index is 2.65. The molecular formula is C14H28N2. The van der Waals surface area contributed by atoms with Crippen molar-refractivity contribution < 1.29 is 0 Å². The highest BCUT2D eigenvalue weighted by atomic mass is 15.2. The molecule has 2 heterocycles. The van der Waals surface area contributed by atoms with Crippen LogP contribution in [-0.2, 0) is 0 Å². The van der Waals surface area contributed by atoms with Crippen LogP contribution >= 0.6 is 0 Å². The topological polar surface area (TPSA) is 6.48 Å². The smallest absolute Gasteiger partial charge is 0.0125 e. The number of rotatable bonds is 1. The summed E-state index contributed by atoms with van der Waals surface area (Å²) in [4.78, 5) is 5.25. The Balaban J connectivity index is 1.85. The van der Waals surface area contributed by atoms with Crippen molar-refractivity contribution in [2.45, 2.75) is 58.0 Å². The van der Waals surface area contributed by atoms with E-state index < -0.39 is 0 Å². The molecule has 2 fully saturated rings. The fraction of sp³-hybridized carbons (Fsp3) is 1.00. The van der Waals surface area contributed by atoms with Gasteiger partial charge in [-0.25, -0.2) is 0 Å². The summed E-state index contributed by atoms with van der Waals surface area (Å²) in [5.74, 6) is 0.964. The van der Waals surface area contributed by atoms with Gasteiger partial charge in [0.25, 0.3) is 0 Å². The lowest BCUT2D eigenvalue weighted by Gasteiger charge is -2.43. The zero-order valence-corrected chi connectivity index (χ0v) is 11.5. The first-order valence-corrected chi connectivity index (χ1v) is 6.94. The van der Waals surface area contributed by atoms with Crippen LogP contribution in [0.2, 0.25) is 0 Å². The number of hydrogen-bond donors (Lipinski definition) is 0. The van der Waals surface area contributed by atoms with Gasteiger partial charge in [-0.2, -0.15) is 0 Å². The van der Waals surface area contributed by atoms with E-state index in [2.05, 4.69) is 37.6 Å². The third-order valence-corrected chi connectivity index (χ3v) is 4.61. The number of nitrogens with zero attached hydrogens (tertiary/aromatic N) is 2. The minimum Gasteiger partial charge on any atom is -0.303 e. The standard InChI is InChI=1S/C14H28N2/c1-14(2,3)16-10-7-12(8-11-16)13-6-5-9-15(13)4/h12-13H,5-11H2,1-4H3. The Hall–Kier alpha value is -0.0800. The first kappa shape index (κ1) is 12.4. The molecule has 0 radical (unpaired) electrons. The molecule has 0 aromatic rings. The molecule has 2 rings (SSSR count). The molecule has 0 aromatic heterocycles. The Kier molecular flexibility index (Phi) is 3.60. The molecule has 2 saturated heterocycles. The summed E-state index contributed by atoms with van der Waals surface area (Å²) in [7, 11) is 2.31. The van der Waals surface area contributed by atoms with Crippen LogP contribution in [0.25, 0.3) is 0 Å². The molecular weight excluding hydrogens is 196 g/mol. The lowest BCUT2D eigenvalue weighted by atomic mass is 9.86. The van der Waals surface area contributed by atoms with E-state index in [9.17, 15) is 0 Å². The van der Waals surface area contributed by atoms with Crippen molar-refractivity contribution in [1.82, 2.24) is 9.80 Å². The molecule has 0 aliphatic carbocycles. The lowest BCUT2D eigenvalue weighted by Crippen LogP contribution is -2.48. The third kappa shape index (κ3) is 2.60. The highest BCUT2D eigenvalue weighted by Crippen LogP contribution is 2.31. The SMILES string of the molecule is CN1CCCC1C1CCN(C(C)(C)C)CC1. The zero-order valence-electron chi connectivity index (χ0n) is 11.5. The van der Waals surface area contributed by atoms with Crippen molar-refractivity contribution in [2.24, 2.45) is 5.92 Å². The van der Waals surface area contributed by atoms with E-state index in [-0.39, 0.29) is 0 Å². The van der Waals surface area contributed by atoms with Gasteiger partial charge in [-0.1, -0.05) is 0 Å². The van der Waals surface area contributed by atoms with E-state index in [0.29, 0.717) is 5.54 Å². The number of hydrogen-bond acceptors (Lipinski definition) is 2. The monoisotopic (exact) mass is 224 g/mol. The van der Waals surface area contributed by atoms with Crippen LogP contribution in [0, 0.1) is 5.92 Å². The average Bonchev–Trinajstić information content (AvgIpc) is 2.63. The molecule has 2 aliphatic heterocycles. The van der Waals surface area contributed by atoms with Gasteiger partial charge in [0.05, 0.1) is 0 Å². The molecule has 94 valence electrons. The fourth-order valence-electron chi connectivity index (χ4n) is 3.49. The van der Waals surface area contributed by atoms with Gasteiger partial charge in [-0.3, -0.25) is 4.90 Å². The largest absolute Gasteiger partial charge is 0.303 e. The van der Waals surface area contributed by atoms with Crippen molar-refractivity contribution in [3.63, 3.8) is 0 Å². The van der Waals surface area contributed by atoms with E-state index in [1.807, 2.05) is 0 Å². The van der Waals surface area contributed by atoms with Crippen LogP contribution in [0.1, 0.15) is 46.5 Å². The third-order valence-electron chi connectivity index (χ3n) is 4.61. The highest BCUT2D eigenvalue weighted by Gasteiger charge is 2.34. The van der Waals surface area contributed by atoms with Gasteiger partial charge in [-0.05, 0) is 79.1 Å². The molecule has 0 bridgehead atoms. The second kappa shape index (κ2) is 4.66. The van der Waals surface area contributed by atoms with Gasteiger partial charge in [0, 0.05) is 11.6 Å². The summed E-state index contributed by atoms with van der Waals surface area (Å²) in [6, 6.07) is 0.891. The van der Waals surface area contributed by atoms with Gasteiger partial charge in [0.2, 0.25) is 0 Å². The van der Waals surface area contributed by atoms with Crippen LogP contribution in [0.5, 0.6) is 0 Å². The van der Waals surface area contributed by atoms with Gasteiger partial charge >= 0.3 is 0 Å². The van der Waals surface area contributed by atoms with Gasteiger partial charge < -0.3 is 4.90 Å². The molecule has 0 aromatic carbocycles. The summed E-state index contributed by atoms with van der Waals surface area (Å²) in [5.41, 5.74) is 0.368. The van der Waals surface area contributed by atoms with Crippen LogP contribution in [-0.4, -0.2) is 48.1 Å². The quantitative estimate of drug-likeness (QED) is 0.675. The molecule has 0 spiro atoms. The first-order valence-electron chi connectivity index (χ1n) is 6.94. The summed E-state index contributed by atoms with van der Waals surface area (Å²) < 4.78 is 0. The molecule has 0 amide bonds. The Morgan fingerprint density at radius 3 is 2.00 bits per heavy atom. The minimum atomic E-state index is 0.368. The second-order valence-electron chi connectivity index (χ2n) is 6.69. The van der Waals surface area contributed by atoms with Crippen molar-refractivity contribution in [2.75, 3.05) is 26.7 Å². The van der Waals surface area contributed by atoms with Gasteiger partial charge in [0.15, 0.2) is 0 Å². The molecule has 2 aliphatic rings. The lowest BCUT2D eigenvalue weighted by molar-refractivity contribution is 0.0637. The first-order chi connectivity index (χ1) is 7.48.